The van der Waals surface area contributed by atoms with Crippen molar-refractivity contribution in [3.63, 3.8) is 0 Å². The topological polar surface area (TPSA) is 69.9 Å². The zero-order valence-electron chi connectivity index (χ0n) is 9.12. The van der Waals surface area contributed by atoms with E-state index in [0.29, 0.717) is 22.0 Å². The zero-order valence-corrected chi connectivity index (χ0v) is 9.94. The molecule has 0 spiro atoms. The van der Waals surface area contributed by atoms with Crippen molar-refractivity contribution in [2.75, 3.05) is 5.73 Å². The van der Waals surface area contributed by atoms with Crippen LogP contribution in [0, 0.1) is 0 Å². The minimum atomic E-state index is 0.575. The fraction of sp³-hybridized carbons (Fsp3) is 0.0909. The van der Waals surface area contributed by atoms with Gasteiger partial charge in [-0.1, -0.05) is 6.07 Å². The Morgan fingerprint density at radius 1 is 1.41 bits per heavy atom. The van der Waals surface area contributed by atoms with E-state index in [-0.39, 0.29) is 0 Å². The Hall–Kier alpha value is -1.95. The van der Waals surface area contributed by atoms with Gasteiger partial charge in [0.15, 0.2) is 5.58 Å². The van der Waals surface area contributed by atoms with Gasteiger partial charge < -0.3 is 10.2 Å². The second kappa shape index (κ2) is 3.81. The average Bonchev–Trinajstić information content (AvgIpc) is 2.86. The van der Waals surface area contributed by atoms with E-state index in [9.17, 15) is 0 Å². The number of benzene rings is 1. The summed E-state index contributed by atoms with van der Waals surface area (Å²) in [5.41, 5.74) is 7.86. The van der Waals surface area contributed by atoms with Crippen LogP contribution in [0.15, 0.2) is 45.1 Å². The first kappa shape index (κ1) is 10.2. The van der Waals surface area contributed by atoms with Gasteiger partial charge in [0.1, 0.15) is 5.52 Å². The van der Waals surface area contributed by atoms with Crippen molar-refractivity contribution in [3.05, 3.63) is 30.6 Å². The predicted octanol–water partition coefficient (Wildman–Crippen LogP) is 2.29. The van der Waals surface area contributed by atoms with Crippen molar-refractivity contribution in [1.82, 2.24) is 14.8 Å². The van der Waals surface area contributed by atoms with Crippen molar-refractivity contribution in [2.24, 2.45) is 7.05 Å². The van der Waals surface area contributed by atoms with Crippen LogP contribution in [-0.4, -0.2) is 14.8 Å². The molecule has 2 aromatic heterocycles. The van der Waals surface area contributed by atoms with Crippen LogP contribution >= 0.6 is 11.8 Å². The highest BCUT2D eigenvalue weighted by Gasteiger charge is 2.10. The molecule has 0 fully saturated rings. The number of nitrogens with two attached hydrogens (primary N) is 1. The van der Waals surface area contributed by atoms with E-state index in [4.69, 9.17) is 10.2 Å². The summed E-state index contributed by atoms with van der Waals surface area (Å²) in [4.78, 5) is 5.33. The van der Waals surface area contributed by atoms with E-state index in [1.807, 2.05) is 31.4 Å². The summed E-state index contributed by atoms with van der Waals surface area (Å²) >= 11 is 1.43. The first-order valence-corrected chi connectivity index (χ1v) is 5.85. The fourth-order valence-corrected chi connectivity index (χ4v) is 2.32. The average molecular weight is 246 g/mol. The van der Waals surface area contributed by atoms with Crippen molar-refractivity contribution in [3.8, 4) is 0 Å². The number of nitrogens with zero attached hydrogens (tertiary/aromatic N) is 3. The van der Waals surface area contributed by atoms with Gasteiger partial charge in [-0.3, -0.25) is 4.68 Å². The number of hydrogen-bond acceptors (Lipinski definition) is 5. The lowest BCUT2D eigenvalue weighted by atomic mass is 10.3. The van der Waals surface area contributed by atoms with Crippen LogP contribution in [0.4, 0.5) is 5.69 Å². The maximum Gasteiger partial charge on any atom is 0.261 e. The monoisotopic (exact) mass is 246 g/mol. The predicted molar refractivity (Wildman–Crippen MR) is 65.8 cm³/mol. The maximum absolute atomic E-state index is 5.82. The van der Waals surface area contributed by atoms with E-state index >= 15 is 0 Å². The van der Waals surface area contributed by atoms with Gasteiger partial charge in [-0.25, -0.2) is 4.98 Å². The molecule has 0 radical (unpaired) electrons. The second-order valence-corrected chi connectivity index (χ2v) is 4.65. The van der Waals surface area contributed by atoms with Crippen molar-refractivity contribution >= 4 is 28.5 Å². The highest BCUT2D eigenvalue weighted by molar-refractivity contribution is 7.99. The SMILES string of the molecule is Cn1cc(Sc2nc3c(N)cccc3o2)cn1. The van der Waals surface area contributed by atoms with Gasteiger partial charge in [-0.2, -0.15) is 5.10 Å². The number of aromatic nitrogens is 3. The summed E-state index contributed by atoms with van der Waals surface area (Å²) in [7, 11) is 1.87. The normalized spacial score (nSPS) is 11.1. The van der Waals surface area contributed by atoms with Gasteiger partial charge in [-0.05, 0) is 23.9 Å². The third-order valence-electron chi connectivity index (χ3n) is 2.32. The van der Waals surface area contributed by atoms with Crippen LogP contribution in [0.2, 0.25) is 0 Å². The molecule has 5 nitrogen and oxygen atoms in total. The van der Waals surface area contributed by atoms with E-state index in [1.165, 1.54) is 11.8 Å². The molecular formula is C11H10N4OS. The fourth-order valence-electron chi connectivity index (χ4n) is 1.55. The molecule has 0 atom stereocenters. The number of rotatable bonds is 2. The molecule has 0 aliphatic heterocycles. The van der Waals surface area contributed by atoms with Gasteiger partial charge in [0.2, 0.25) is 0 Å². The first-order valence-electron chi connectivity index (χ1n) is 5.04. The largest absolute Gasteiger partial charge is 0.431 e. The Morgan fingerprint density at radius 3 is 3.00 bits per heavy atom. The third kappa shape index (κ3) is 1.87. The van der Waals surface area contributed by atoms with Crippen LogP contribution < -0.4 is 5.73 Å². The summed E-state index contributed by atoms with van der Waals surface area (Å²) in [6.07, 6.45) is 3.67. The molecule has 6 heteroatoms. The summed E-state index contributed by atoms with van der Waals surface area (Å²) in [6, 6.07) is 5.51. The molecular weight excluding hydrogens is 236 g/mol. The van der Waals surface area contributed by atoms with E-state index in [0.717, 1.165) is 4.90 Å². The molecule has 3 aromatic rings. The van der Waals surface area contributed by atoms with Crippen LogP contribution in [0.25, 0.3) is 11.1 Å². The number of fused-ring (bicyclic) bond motifs is 1. The lowest BCUT2D eigenvalue weighted by Crippen LogP contribution is -1.84. The number of oxazole rings is 1. The van der Waals surface area contributed by atoms with Crippen LogP contribution in [-0.2, 0) is 7.05 Å². The molecule has 0 amide bonds. The smallest absolute Gasteiger partial charge is 0.261 e. The number of aryl methyl sites for hydroxylation is 1. The minimum Gasteiger partial charge on any atom is -0.431 e. The number of hydrogen-bond donors (Lipinski definition) is 1. The van der Waals surface area contributed by atoms with E-state index in [2.05, 4.69) is 10.1 Å². The quantitative estimate of drug-likeness (QED) is 0.702. The zero-order chi connectivity index (χ0) is 11.8. The van der Waals surface area contributed by atoms with Crippen molar-refractivity contribution in [1.29, 1.82) is 0 Å². The maximum atomic E-state index is 5.82. The molecule has 0 saturated carbocycles. The standard InChI is InChI=1S/C11H10N4OS/c1-15-6-7(5-13-15)17-11-14-10-8(12)3-2-4-9(10)16-11/h2-6H,12H2,1H3. The highest BCUT2D eigenvalue weighted by Crippen LogP contribution is 2.31. The molecule has 0 bridgehead atoms. The van der Waals surface area contributed by atoms with E-state index in [1.54, 1.807) is 10.9 Å². The Bertz CT molecular complexity index is 673. The number of para-hydroxylation sites is 1. The third-order valence-corrected chi connectivity index (χ3v) is 3.11. The molecule has 17 heavy (non-hydrogen) atoms. The molecule has 86 valence electrons. The van der Waals surface area contributed by atoms with Crippen LogP contribution in [0.3, 0.4) is 0 Å². The lowest BCUT2D eigenvalue weighted by molar-refractivity contribution is 0.489. The Morgan fingerprint density at radius 2 is 2.29 bits per heavy atom. The van der Waals surface area contributed by atoms with Gasteiger partial charge in [-0.15, -0.1) is 0 Å². The highest BCUT2D eigenvalue weighted by atomic mass is 32.2. The van der Waals surface area contributed by atoms with Crippen molar-refractivity contribution in [2.45, 2.75) is 10.1 Å². The molecule has 0 aliphatic carbocycles. The molecule has 3 rings (SSSR count). The van der Waals surface area contributed by atoms with Crippen LogP contribution in [0.1, 0.15) is 0 Å². The molecule has 0 aliphatic rings. The minimum absolute atomic E-state index is 0.575. The van der Waals surface area contributed by atoms with Gasteiger partial charge in [0.05, 0.1) is 16.8 Å². The van der Waals surface area contributed by atoms with Crippen molar-refractivity contribution < 1.29 is 4.42 Å². The Kier molecular flexibility index (Phi) is 2.29. The van der Waals surface area contributed by atoms with Gasteiger partial charge in [0.25, 0.3) is 5.22 Å². The summed E-state index contributed by atoms with van der Waals surface area (Å²) in [5.74, 6) is 0. The summed E-state index contributed by atoms with van der Waals surface area (Å²) in [5, 5.41) is 4.66. The number of nitrogen functional groups attached to an aromatic ring is 1. The Balaban J connectivity index is 1.98. The Labute approximate surface area is 102 Å². The lowest BCUT2D eigenvalue weighted by Gasteiger charge is -1.89. The van der Waals surface area contributed by atoms with Gasteiger partial charge >= 0.3 is 0 Å². The second-order valence-electron chi connectivity index (χ2n) is 3.63. The first-order chi connectivity index (χ1) is 8.22. The molecule has 2 heterocycles. The molecule has 0 saturated heterocycles. The summed E-state index contributed by atoms with van der Waals surface area (Å²) < 4.78 is 7.33. The van der Waals surface area contributed by atoms with E-state index < -0.39 is 0 Å². The molecule has 2 N–H and O–H groups in total. The number of anilines is 1. The molecule has 1 aromatic carbocycles. The summed E-state index contributed by atoms with van der Waals surface area (Å²) in [6.45, 7) is 0. The molecule has 0 unspecified atom stereocenters. The van der Waals surface area contributed by atoms with Gasteiger partial charge in [0, 0.05) is 13.2 Å². The van der Waals surface area contributed by atoms with Crippen LogP contribution in [0.5, 0.6) is 0 Å².